The number of ether oxygens (including phenoxy) is 4. The summed E-state index contributed by atoms with van der Waals surface area (Å²) < 4.78 is 24.0. The van der Waals surface area contributed by atoms with Gasteiger partial charge in [-0.2, -0.15) is 0 Å². The van der Waals surface area contributed by atoms with Gasteiger partial charge < -0.3 is 18.9 Å². The topological polar surface area (TPSA) is 88.1 Å². The van der Waals surface area contributed by atoms with Gasteiger partial charge in [0.15, 0.2) is 29.4 Å². The highest BCUT2D eigenvalue weighted by molar-refractivity contribution is 6.18. The second-order valence-electron chi connectivity index (χ2n) is 10.2. The molecule has 0 radical (unpaired) electrons. The third kappa shape index (κ3) is 2.89. The van der Waals surface area contributed by atoms with Crippen molar-refractivity contribution >= 4 is 17.5 Å². The Morgan fingerprint density at radius 1 is 1.24 bits per heavy atom. The highest BCUT2D eigenvalue weighted by atomic mass is 16.6. The highest BCUT2D eigenvalue weighted by Gasteiger charge is 2.81. The molecule has 0 N–H and O–H groups in total. The Balaban J connectivity index is 1.65. The molecule has 2 fully saturated rings. The summed E-state index contributed by atoms with van der Waals surface area (Å²) >= 11 is 0. The number of esters is 1. The first-order valence-corrected chi connectivity index (χ1v) is 11.8. The Bertz CT molecular complexity index is 1160. The van der Waals surface area contributed by atoms with E-state index in [2.05, 4.69) is 0 Å². The minimum Gasteiger partial charge on any atom is -0.481 e. The molecule has 4 atom stereocenters. The number of ketones is 2. The lowest BCUT2D eigenvalue weighted by Crippen LogP contribution is -2.72. The smallest absolute Gasteiger partial charge is 0.344 e. The van der Waals surface area contributed by atoms with Crippen LogP contribution in [0.15, 0.2) is 41.5 Å². The number of carbonyl (C=O) groups is 3. The van der Waals surface area contributed by atoms with E-state index in [4.69, 9.17) is 18.9 Å². The second-order valence-corrected chi connectivity index (χ2v) is 10.2. The molecule has 2 heterocycles. The van der Waals surface area contributed by atoms with Crippen molar-refractivity contribution in [3.8, 4) is 11.5 Å². The van der Waals surface area contributed by atoms with Crippen LogP contribution in [-0.2, 0) is 19.1 Å². The monoisotopic (exact) mass is 466 g/mol. The van der Waals surface area contributed by atoms with Gasteiger partial charge in [-0.15, -0.1) is 0 Å². The van der Waals surface area contributed by atoms with E-state index in [1.54, 1.807) is 31.2 Å². The van der Waals surface area contributed by atoms with Gasteiger partial charge in [-0.05, 0) is 53.2 Å². The Morgan fingerprint density at radius 3 is 2.71 bits per heavy atom. The Kier molecular flexibility index (Phi) is 5.06. The molecule has 2 aliphatic heterocycles. The summed E-state index contributed by atoms with van der Waals surface area (Å²) in [7, 11) is 0. The molecule has 0 amide bonds. The average Bonchev–Trinajstić information content (AvgIpc) is 2.93. The van der Waals surface area contributed by atoms with Gasteiger partial charge in [0.25, 0.3) is 0 Å². The molecule has 7 nitrogen and oxygen atoms in total. The predicted molar refractivity (Wildman–Crippen MR) is 123 cm³/mol. The van der Waals surface area contributed by atoms with Crippen molar-refractivity contribution in [2.75, 3.05) is 13.2 Å². The van der Waals surface area contributed by atoms with Crippen LogP contribution in [-0.4, -0.2) is 47.6 Å². The maximum Gasteiger partial charge on any atom is 0.344 e. The fourth-order valence-corrected chi connectivity index (χ4v) is 6.27. The van der Waals surface area contributed by atoms with E-state index in [0.717, 1.165) is 5.57 Å². The summed E-state index contributed by atoms with van der Waals surface area (Å²) in [5, 5.41) is 0. The van der Waals surface area contributed by atoms with Gasteiger partial charge in [-0.1, -0.05) is 23.8 Å². The Hall–Kier alpha value is -2.93. The number of carbonyl (C=O) groups excluding carboxylic acids is 3. The highest BCUT2D eigenvalue weighted by Crippen LogP contribution is 2.67. The number of fused-ring (bicyclic) bond motifs is 1. The number of Topliss-reactive ketones (excluding diaryl/α,β-unsaturated/α-hetero) is 2. The first-order chi connectivity index (χ1) is 16.1. The van der Waals surface area contributed by atoms with Gasteiger partial charge in [0.1, 0.15) is 17.1 Å². The van der Waals surface area contributed by atoms with Gasteiger partial charge in [-0.3, -0.25) is 9.59 Å². The molecular weight excluding hydrogens is 436 g/mol. The molecule has 4 unspecified atom stereocenters. The molecule has 6 rings (SSSR count). The fraction of sp³-hybridized carbons (Fsp3) is 0.519. The van der Waals surface area contributed by atoms with E-state index in [1.165, 1.54) is 0 Å². The van der Waals surface area contributed by atoms with Crippen LogP contribution in [0.25, 0.3) is 0 Å². The second kappa shape index (κ2) is 7.54. The van der Waals surface area contributed by atoms with Crippen molar-refractivity contribution in [3.05, 3.63) is 47.1 Å². The summed E-state index contributed by atoms with van der Waals surface area (Å²) in [4.78, 5) is 39.6. The largest absolute Gasteiger partial charge is 0.481 e. The molecule has 180 valence electrons. The van der Waals surface area contributed by atoms with Crippen molar-refractivity contribution < 1.29 is 33.3 Å². The van der Waals surface area contributed by atoms with Crippen LogP contribution in [0.1, 0.15) is 57.8 Å². The van der Waals surface area contributed by atoms with Crippen LogP contribution in [0.5, 0.6) is 11.5 Å². The minimum atomic E-state index is -1.28. The predicted octanol–water partition coefficient (Wildman–Crippen LogP) is 3.99. The summed E-state index contributed by atoms with van der Waals surface area (Å²) in [6.45, 7) is 9.55. The van der Waals surface area contributed by atoms with Gasteiger partial charge >= 0.3 is 5.97 Å². The molecule has 7 heteroatoms. The molecule has 1 saturated heterocycles. The standard InChI is InChI=1S/C27H30O7/c1-6-31-21(28)14-32-18-8-7-9-19-22(18)23(29)17-12-16-13-20-25(4,5)34-26(24(16)30,11-10-15(2)3)27(17,20)33-19/h7-10,12,16,20H,6,11,13-14H2,1-5H3. The van der Waals surface area contributed by atoms with Crippen LogP contribution in [0.4, 0.5) is 0 Å². The molecule has 4 bridgehead atoms. The first kappa shape index (κ1) is 22.8. The van der Waals surface area contributed by atoms with Crippen molar-refractivity contribution in [1.29, 1.82) is 0 Å². The van der Waals surface area contributed by atoms with Crippen LogP contribution in [0.3, 0.4) is 0 Å². The quantitative estimate of drug-likeness (QED) is 0.463. The Morgan fingerprint density at radius 2 is 2.00 bits per heavy atom. The lowest BCUT2D eigenvalue weighted by molar-refractivity contribution is -0.171. The molecule has 1 spiro atoms. The molecule has 1 saturated carbocycles. The van der Waals surface area contributed by atoms with Gasteiger partial charge in [0.2, 0.25) is 0 Å². The molecule has 0 aromatic heterocycles. The maximum absolute atomic E-state index is 14.0. The molecule has 3 aliphatic carbocycles. The van der Waals surface area contributed by atoms with E-state index in [1.807, 2.05) is 33.8 Å². The van der Waals surface area contributed by atoms with Crippen molar-refractivity contribution in [2.45, 2.75) is 64.3 Å². The number of rotatable bonds is 6. The maximum atomic E-state index is 14.0. The summed E-state index contributed by atoms with van der Waals surface area (Å²) in [5.74, 6) is -0.775. The first-order valence-electron chi connectivity index (χ1n) is 11.8. The van der Waals surface area contributed by atoms with Crippen molar-refractivity contribution in [1.82, 2.24) is 0 Å². The SMILES string of the molecule is CCOC(=O)COc1cccc2c1C(=O)C1=CC3CC4C(C)(C)OC(CC=C(C)C)(C3=O)C14O2. The van der Waals surface area contributed by atoms with Crippen molar-refractivity contribution in [2.24, 2.45) is 11.8 Å². The summed E-state index contributed by atoms with van der Waals surface area (Å²) in [6, 6.07) is 5.06. The third-order valence-corrected chi connectivity index (χ3v) is 7.54. The van der Waals surface area contributed by atoms with E-state index in [0.29, 0.717) is 24.2 Å². The van der Waals surface area contributed by atoms with Gasteiger partial charge in [-0.25, -0.2) is 4.79 Å². The molecule has 1 aromatic rings. The average molecular weight is 467 g/mol. The van der Waals surface area contributed by atoms with Crippen LogP contribution < -0.4 is 9.47 Å². The lowest BCUT2D eigenvalue weighted by Gasteiger charge is -2.56. The zero-order valence-electron chi connectivity index (χ0n) is 20.2. The number of benzene rings is 1. The summed E-state index contributed by atoms with van der Waals surface area (Å²) in [5.41, 5.74) is -1.36. The minimum absolute atomic E-state index is 0.0264. The molecule has 1 aromatic carbocycles. The number of allylic oxidation sites excluding steroid dienone is 2. The van der Waals surface area contributed by atoms with Crippen LogP contribution in [0.2, 0.25) is 0 Å². The van der Waals surface area contributed by atoms with Crippen molar-refractivity contribution in [3.63, 3.8) is 0 Å². The zero-order chi connectivity index (χ0) is 24.5. The lowest BCUT2D eigenvalue weighted by atomic mass is 9.51. The van der Waals surface area contributed by atoms with E-state index in [9.17, 15) is 14.4 Å². The van der Waals surface area contributed by atoms with Gasteiger partial charge in [0.05, 0.1) is 12.2 Å². The zero-order valence-corrected chi connectivity index (χ0v) is 20.2. The van der Waals surface area contributed by atoms with E-state index < -0.39 is 28.7 Å². The fourth-order valence-electron chi connectivity index (χ4n) is 6.27. The Labute approximate surface area is 199 Å². The van der Waals surface area contributed by atoms with Crippen LogP contribution in [0, 0.1) is 11.8 Å². The van der Waals surface area contributed by atoms with E-state index in [-0.39, 0.29) is 42.0 Å². The van der Waals surface area contributed by atoms with Crippen LogP contribution >= 0.6 is 0 Å². The third-order valence-electron chi connectivity index (χ3n) is 7.54. The molecule has 5 aliphatic rings. The normalized spacial score (nSPS) is 31.7. The summed E-state index contributed by atoms with van der Waals surface area (Å²) in [6.07, 6.45) is 4.68. The number of hydrogen-bond acceptors (Lipinski definition) is 7. The van der Waals surface area contributed by atoms with Gasteiger partial charge in [0, 0.05) is 23.8 Å². The van der Waals surface area contributed by atoms with E-state index >= 15 is 0 Å². The molecular formula is C27H30O7. The number of hydrogen-bond donors (Lipinski definition) is 0. The molecule has 34 heavy (non-hydrogen) atoms.